The van der Waals surface area contributed by atoms with Gasteiger partial charge in [-0.3, -0.25) is 0 Å². The Bertz CT molecular complexity index is 2400. The highest BCUT2D eigenvalue weighted by Gasteiger charge is 2.18. The average Bonchev–Trinajstić information content (AvgIpc) is 3.83. The van der Waals surface area contributed by atoms with Gasteiger partial charge in [0.25, 0.3) is 0 Å². The van der Waals surface area contributed by atoms with Crippen LogP contribution in [0, 0.1) is 0 Å². The summed E-state index contributed by atoms with van der Waals surface area (Å²) in [6.45, 7) is 0. The molecule has 236 valence electrons. The van der Waals surface area contributed by atoms with Gasteiger partial charge in [0.15, 0.2) is 37.2 Å². The van der Waals surface area contributed by atoms with Crippen LogP contribution in [0.4, 0.5) is 0 Å². The van der Waals surface area contributed by atoms with Crippen molar-refractivity contribution in [3.63, 3.8) is 0 Å². The zero-order valence-electron chi connectivity index (χ0n) is 26.0. The molecular formula is C37H32I3N7. The zero-order chi connectivity index (χ0) is 29.8. The van der Waals surface area contributed by atoms with Crippen LogP contribution in [0.3, 0.4) is 0 Å². The van der Waals surface area contributed by atoms with Crippen LogP contribution in [0.15, 0.2) is 110 Å². The van der Waals surface area contributed by atoms with Gasteiger partial charge in [-0.15, -0.1) is 0 Å². The minimum absolute atomic E-state index is 0. The molecule has 0 radical (unpaired) electrons. The first-order chi connectivity index (χ1) is 21.5. The Balaban J connectivity index is 0.00000144. The Morgan fingerprint density at radius 1 is 0.426 bits per heavy atom. The number of fused-ring (bicyclic) bond motifs is 9. The summed E-state index contributed by atoms with van der Waals surface area (Å²) in [4.78, 5) is 16.5. The molecule has 0 unspecified atom stereocenters. The van der Waals surface area contributed by atoms with E-state index >= 15 is 0 Å². The smallest absolute Gasteiger partial charge is 0.176 e. The van der Waals surface area contributed by atoms with Crippen molar-refractivity contribution >= 4 is 45.3 Å². The van der Waals surface area contributed by atoms with Crippen LogP contribution in [0.1, 0.15) is 11.4 Å². The molecule has 0 aliphatic carbocycles. The molecule has 8 rings (SSSR count). The van der Waals surface area contributed by atoms with Crippen LogP contribution in [-0.2, 0) is 21.1 Å². The normalized spacial score (nSPS) is 11.1. The third-order valence-electron chi connectivity index (χ3n) is 8.26. The number of aryl methyl sites for hydroxylation is 3. The summed E-state index contributed by atoms with van der Waals surface area (Å²) in [6.07, 6.45) is 16.9. The van der Waals surface area contributed by atoms with E-state index in [-0.39, 0.29) is 71.9 Å². The van der Waals surface area contributed by atoms with Crippen molar-refractivity contribution in [1.82, 2.24) is 19.9 Å². The van der Waals surface area contributed by atoms with Crippen molar-refractivity contribution < 1.29 is 85.6 Å². The van der Waals surface area contributed by atoms with Gasteiger partial charge in [-0.2, -0.15) is 0 Å². The van der Waals surface area contributed by atoms with Crippen LogP contribution in [0.5, 0.6) is 0 Å². The van der Waals surface area contributed by atoms with Gasteiger partial charge in [-0.25, -0.2) is 18.7 Å². The van der Waals surface area contributed by atoms with E-state index in [0.717, 1.165) is 77.9 Å². The Morgan fingerprint density at radius 3 is 1.13 bits per heavy atom. The number of aromatic nitrogens is 7. The van der Waals surface area contributed by atoms with E-state index in [1.807, 2.05) is 13.2 Å². The van der Waals surface area contributed by atoms with Gasteiger partial charge in [-0.1, -0.05) is 0 Å². The molecule has 0 aromatic carbocycles. The maximum atomic E-state index is 5.31. The van der Waals surface area contributed by atoms with E-state index in [1.165, 1.54) is 0 Å². The zero-order valence-corrected chi connectivity index (χ0v) is 32.4. The van der Waals surface area contributed by atoms with E-state index in [9.17, 15) is 0 Å². The molecule has 0 amide bonds. The first kappa shape index (κ1) is 34.7. The Hall–Kier alpha value is -3.63. The second-order valence-corrected chi connectivity index (χ2v) is 11.5. The lowest BCUT2D eigenvalue weighted by Crippen LogP contribution is -3.00. The van der Waals surface area contributed by atoms with Crippen LogP contribution in [-0.4, -0.2) is 19.9 Å². The molecular weight excluding hydrogens is 923 g/mol. The van der Waals surface area contributed by atoms with Gasteiger partial charge >= 0.3 is 0 Å². The van der Waals surface area contributed by atoms with Crippen molar-refractivity contribution in [1.29, 1.82) is 0 Å². The standard InChI is InChI=1S/C37H32N7.3HI/c1-42-18-4-7-24(21-42)35-29-12-10-27(38-29)28-11-13-30(39-28)36(25-8-5-19-43(2)22-25)32-15-17-34(41-32)37(33-16-14-31(35)40-33)26-9-6-20-44(3)23-26;;;/h4-23,38-40H,1-3H3;3*1H/q+3;;;/p-3. The predicted molar refractivity (Wildman–Crippen MR) is 175 cm³/mol. The van der Waals surface area contributed by atoms with Crippen LogP contribution in [0.2, 0.25) is 0 Å². The molecule has 10 heteroatoms. The fraction of sp³-hybridized carbons (Fsp3) is 0.0811. The van der Waals surface area contributed by atoms with Gasteiger partial charge < -0.3 is 86.9 Å². The van der Waals surface area contributed by atoms with Gasteiger partial charge in [0.1, 0.15) is 21.1 Å². The number of rotatable bonds is 3. The quantitative estimate of drug-likeness (QED) is 0.130. The number of hydrogen-bond acceptors (Lipinski definition) is 1. The molecule has 7 nitrogen and oxygen atoms in total. The summed E-state index contributed by atoms with van der Waals surface area (Å²) in [5, 5.41) is 0. The van der Waals surface area contributed by atoms with E-state index in [1.54, 1.807) is 0 Å². The molecule has 0 saturated heterocycles. The first-order valence-corrected chi connectivity index (χ1v) is 14.7. The molecule has 0 atom stereocenters. The van der Waals surface area contributed by atoms with Gasteiger partial charge in [0.2, 0.25) is 0 Å². The van der Waals surface area contributed by atoms with E-state index in [2.05, 4.69) is 159 Å². The number of halogens is 3. The van der Waals surface area contributed by atoms with Crippen LogP contribution >= 0.6 is 0 Å². The Labute approximate surface area is 323 Å². The Kier molecular flexibility index (Phi) is 10.5. The molecule has 1 aliphatic heterocycles. The SMILES string of the molecule is C[n+]1cccc(-c2c3nc(c(-c4ccc[n+](C)c4)c4ccc([nH]4)c4ccc([nH]4)c(-c4ccc[n+](C)c4)c4ccc2[nH]4)C=C3)c1.[I-].[I-].[I-]. The average molecular weight is 955 g/mol. The van der Waals surface area contributed by atoms with Crippen LogP contribution < -0.4 is 85.6 Å². The lowest BCUT2D eigenvalue weighted by atomic mass is 10.1. The first-order valence-electron chi connectivity index (χ1n) is 14.7. The molecule has 8 bridgehead atoms. The van der Waals surface area contributed by atoms with Crippen LogP contribution in [0.25, 0.3) is 78.6 Å². The maximum absolute atomic E-state index is 5.31. The van der Waals surface area contributed by atoms with Gasteiger partial charge in [-0.05, 0) is 66.7 Å². The third-order valence-corrected chi connectivity index (χ3v) is 8.26. The topological polar surface area (TPSA) is 71.9 Å². The molecule has 0 spiro atoms. The fourth-order valence-electron chi connectivity index (χ4n) is 6.27. The van der Waals surface area contributed by atoms with Crippen molar-refractivity contribution in [2.75, 3.05) is 0 Å². The number of aromatic amines is 3. The Morgan fingerprint density at radius 2 is 0.745 bits per heavy atom. The number of nitrogens with one attached hydrogen (secondary N) is 3. The van der Waals surface area contributed by atoms with Crippen molar-refractivity contribution in [3.05, 3.63) is 121 Å². The molecule has 8 heterocycles. The summed E-state index contributed by atoms with van der Waals surface area (Å²) < 4.78 is 6.24. The summed E-state index contributed by atoms with van der Waals surface area (Å²) in [7, 11) is 6.15. The molecule has 47 heavy (non-hydrogen) atoms. The van der Waals surface area contributed by atoms with E-state index in [0.29, 0.717) is 0 Å². The second kappa shape index (κ2) is 14.2. The molecule has 0 fully saturated rings. The molecule has 7 aromatic heterocycles. The number of pyridine rings is 3. The van der Waals surface area contributed by atoms with E-state index in [4.69, 9.17) is 4.98 Å². The lowest BCUT2D eigenvalue weighted by molar-refractivity contribution is -0.671. The lowest BCUT2D eigenvalue weighted by Gasteiger charge is -2.04. The minimum atomic E-state index is 0. The highest BCUT2D eigenvalue weighted by Crippen LogP contribution is 2.35. The summed E-state index contributed by atoms with van der Waals surface area (Å²) in [5.74, 6) is 0. The second-order valence-electron chi connectivity index (χ2n) is 11.5. The van der Waals surface area contributed by atoms with Gasteiger partial charge in [0.05, 0.1) is 22.4 Å². The molecule has 3 N–H and O–H groups in total. The molecule has 7 aromatic rings. The number of hydrogen-bond donors (Lipinski definition) is 3. The third kappa shape index (κ3) is 6.59. The van der Waals surface area contributed by atoms with Crippen molar-refractivity contribution in [2.24, 2.45) is 21.1 Å². The highest BCUT2D eigenvalue weighted by molar-refractivity contribution is 5.99. The number of H-pyrrole nitrogens is 3. The molecule has 0 saturated carbocycles. The molecule has 1 aliphatic rings. The van der Waals surface area contributed by atoms with Crippen molar-refractivity contribution in [2.45, 2.75) is 0 Å². The summed E-state index contributed by atoms with van der Waals surface area (Å²) >= 11 is 0. The number of nitrogens with zero attached hydrogens (tertiary/aromatic N) is 4. The van der Waals surface area contributed by atoms with Crippen molar-refractivity contribution in [3.8, 4) is 33.4 Å². The van der Waals surface area contributed by atoms with E-state index < -0.39 is 0 Å². The summed E-state index contributed by atoms with van der Waals surface area (Å²) in [5.41, 5.74) is 14.4. The monoisotopic (exact) mass is 955 g/mol. The fourth-order valence-corrected chi connectivity index (χ4v) is 6.27. The summed E-state index contributed by atoms with van der Waals surface area (Å²) in [6, 6.07) is 25.6. The predicted octanol–water partition coefficient (Wildman–Crippen LogP) is -2.82. The highest BCUT2D eigenvalue weighted by atomic mass is 127. The maximum Gasteiger partial charge on any atom is 0.176 e. The largest absolute Gasteiger partial charge is 1.00 e. The minimum Gasteiger partial charge on any atom is -1.00 e. The van der Waals surface area contributed by atoms with Gasteiger partial charge in [0, 0.05) is 73.6 Å².